The van der Waals surface area contributed by atoms with Crippen molar-refractivity contribution in [2.75, 3.05) is 13.7 Å². The summed E-state index contributed by atoms with van der Waals surface area (Å²) in [5.41, 5.74) is 1.05. The zero-order chi connectivity index (χ0) is 16.2. The topological polar surface area (TPSA) is 49.2 Å². The summed E-state index contributed by atoms with van der Waals surface area (Å²) in [5.74, 6) is -0.0477. The van der Waals surface area contributed by atoms with Crippen molar-refractivity contribution in [1.82, 2.24) is 14.8 Å². The van der Waals surface area contributed by atoms with E-state index < -0.39 is 13.9 Å². The molecule has 0 saturated heterocycles. The second-order valence-electron chi connectivity index (χ2n) is 6.27. The van der Waals surface area contributed by atoms with Gasteiger partial charge in [-0.25, -0.2) is 14.1 Å². The summed E-state index contributed by atoms with van der Waals surface area (Å²) in [6, 6.07) is 4.39. The van der Waals surface area contributed by atoms with Crippen LogP contribution in [-0.2, 0) is 11.5 Å². The third-order valence-electron chi connectivity index (χ3n) is 3.24. The third-order valence-corrected chi connectivity index (χ3v) is 4.95. The highest BCUT2D eigenvalue weighted by Crippen LogP contribution is 2.25. The molecule has 0 N–H and O–H groups in total. The second kappa shape index (κ2) is 7.02. The Kier molecular flexibility index (Phi) is 5.31. The highest BCUT2D eigenvalue weighted by molar-refractivity contribution is 6.76. The van der Waals surface area contributed by atoms with Crippen molar-refractivity contribution in [3.63, 3.8) is 0 Å². The summed E-state index contributed by atoms with van der Waals surface area (Å²) in [6.07, 6.45) is 2.78. The predicted molar refractivity (Wildman–Crippen MR) is 86.1 cm³/mol. The zero-order valence-corrected chi connectivity index (χ0v) is 14.5. The normalized spacial score (nSPS) is 11.7. The Morgan fingerprint density at radius 3 is 2.77 bits per heavy atom. The summed E-state index contributed by atoms with van der Waals surface area (Å²) in [4.78, 5) is 3.85. The van der Waals surface area contributed by atoms with Crippen molar-refractivity contribution in [3.8, 4) is 17.1 Å². The van der Waals surface area contributed by atoms with Crippen LogP contribution in [0.15, 0.2) is 24.5 Å². The summed E-state index contributed by atoms with van der Waals surface area (Å²) in [6.45, 7) is 7.89. The van der Waals surface area contributed by atoms with Crippen LogP contribution in [0.5, 0.6) is 5.88 Å². The van der Waals surface area contributed by atoms with Crippen molar-refractivity contribution in [1.29, 1.82) is 0 Å². The maximum absolute atomic E-state index is 14.0. The lowest BCUT2D eigenvalue weighted by Gasteiger charge is -2.16. The van der Waals surface area contributed by atoms with E-state index in [0.717, 1.165) is 12.2 Å². The molecule has 0 bridgehead atoms. The molecule has 2 aromatic heterocycles. The van der Waals surface area contributed by atoms with Crippen molar-refractivity contribution >= 4 is 8.07 Å². The van der Waals surface area contributed by atoms with Gasteiger partial charge in [0.1, 0.15) is 6.73 Å². The molecule has 7 heteroatoms. The molecule has 0 amide bonds. The van der Waals surface area contributed by atoms with E-state index >= 15 is 0 Å². The van der Waals surface area contributed by atoms with Gasteiger partial charge < -0.3 is 9.47 Å². The van der Waals surface area contributed by atoms with Crippen LogP contribution in [0.1, 0.15) is 0 Å². The average molecular weight is 323 g/mol. The number of hydrogen-bond acceptors (Lipinski definition) is 4. The van der Waals surface area contributed by atoms with E-state index in [4.69, 9.17) is 9.47 Å². The first-order valence-corrected chi connectivity index (χ1v) is 10.9. The Balaban J connectivity index is 2.09. The fourth-order valence-corrected chi connectivity index (χ4v) is 2.68. The number of nitrogens with zero attached hydrogens (tertiary/aromatic N) is 3. The number of ether oxygens (including phenoxy) is 2. The molecular formula is C15H22FN3O2Si. The Labute approximate surface area is 131 Å². The van der Waals surface area contributed by atoms with Gasteiger partial charge in [0, 0.05) is 32.5 Å². The van der Waals surface area contributed by atoms with Crippen LogP contribution in [0.25, 0.3) is 11.3 Å². The molecule has 0 aliphatic heterocycles. The van der Waals surface area contributed by atoms with Crippen LogP contribution in [0.3, 0.4) is 0 Å². The Morgan fingerprint density at radius 1 is 1.32 bits per heavy atom. The maximum atomic E-state index is 14.0. The van der Waals surface area contributed by atoms with Crippen LogP contribution in [0.4, 0.5) is 4.39 Å². The van der Waals surface area contributed by atoms with Gasteiger partial charge in [0.25, 0.3) is 0 Å². The standard InChI is InChI=1S/C15H22FN3O2Si/c1-20-15-9-12(13(16)10-17-15)14-5-6-18-19(14)11-21-7-8-22(2,3)4/h5-6,9-10H,7-8,11H2,1-4H3. The van der Waals surface area contributed by atoms with Crippen molar-refractivity contribution in [2.45, 2.75) is 32.4 Å². The van der Waals surface area contributed by atoms with E-state index in [9.17, 15) is 4.39 Å². The average Bonchev–Trinajstić information content (AvgIpc) is 2.91. The number of pyridine rings is 1. The number of aromatic nitrogens is 3. The minimum atomic E-state index is -1.12. The SMILES string of the molecule is COc1cc(-c2ccnn2COCC[Si](C)(C)C)c(F)cn1. The van der Waals surface area contributed by atoms with E-state index in [1.807, 2.05) is 0 Å². The minimum absolute atomic E-state index is 0.302. The first kappa shape index (κ1) is 16.6. The van der Waals surface area contributed by atoms with Gasteiger partial charge in [-0.2, -0.15) is 5.10 Å². The van der Waals surface area contributed by atoms with Gasteiger partial charge in [0.05, 0.1) is 19.0 Å². The van der Waals surface area contributed by atoms with E-state index in [0.29, 0.717) is 30.5 Å². The second-order valence-corrected chi connectivity index (χ2v) is 11.9. The van der Waals surface area contributed by atoms with Gasteiger partial charge in [-0.3, -0.25) is 0 Å². The minimum Gasteiger partial charge on any atom is -0.481 e. The van der Waals surface area contributed by atoms with E-state index in [1.54, 1.807) is 23.0 Å². The first-order valence-electron chi connectivity index (χ1n) is 7.20. The number of halogens is 1. The molecule has 2 heterocycles. The van der Waals surface area contributed by atoms with E-state index in [2.05, 4.69) is 29.7 Å². The third kappa shape index (κ3) is 4.38. The molecular weight excluding hydrogens is 301 g/mol. The Morgan fingerprint density at radius 2 is 2.09 bits per heavy atom. The molecule has 0 atom stereocenters. The Bertz CT molecular complexity index is 625. The monoisotopic (exact) mass is 323 g/mol. The van der Waals surface area contributed by atoms with Crippen LogP contribution < -0.4 is 4.74 Å². The van der Waals surface area contributed by atoms with Gasteiger partial charge in [-0.15, -0.1) is 0 Å². The lowest BCUT2D eigenvalue weighted by atomic mass is 10.2. The molecule has 0 spiro atoms. The number of rotatable bonds is 7. The fraction of sp³-hybridized carbons (Fsp3) is 0.467. The van der Waals surface area contributed by atoms with Crippen LogP contribution >= 0.6 is 0 Å². The summed E-state index contributed by atoms with van der Waals surface area (Å²) in [7, 11) is 0.383. The smallest absolute Gasteiger partial charge is 0.213 e. The summed E-state index contributed by atoms with van der Waals surface area (Å²) >= 11 is 0. The number of methoxy groups -OCH3 is 1. The molecule has 0 fully saturated rings. The zero-order valence-electron chi connectivity index (χ0n) is 13.5. The molecule has 120 valence electrons. The number of hydrogen-bond donors (Lipinski definition) is 0. The van der Waals surface area contributed by atoms with Crippen molar-refractivity contribution in [2.24, 2.45) is 0 Å². The molecule has 5 nitrogen and oxygen atoms in total. The van der Waals surface area contributed by atoms with E-state index in [1.165, 1.54) is 7.11 Å². The highest BCUT2D eigenvalue weighted by Gasteiger charge is 2.14. The predicted octanol–water partition coefficient (Wildman–Crippen LogP) is 3.41. The Hall–Kier alpha value is -1.73. The van der Waals surface area contributed by atoms with Gasteiger partial charge >= 0.3 is 0 Å². The summed E-state index contributed by atoms with van der Waals surface area (Å²) in [5, 5.41) is 4.20. The fourth-order valence-electron chi connectivity index (χ4n) is 1.92. The quantitative estimate of drug-likeness (QED) is 0.579. The van der Waals surface area contributed by atoms with Gasteiger partial charge in [0.2, 0.25) is 5.88 Å². The molecule has 0 radical (unpaired) electrons. The van der Waals surface area contributed by atoms with Gasteiger partial charge in [-0.1, -0.05) is 19.6 Å². The first-order chi connectivity index (χ1) is 10.4. The maximum Gasteiger partial charge on any atom is 0.213 e. The summed E-state index contributed by atoms with van der Waals surface area (Å²) < 4.78 is 26.4. The largest absolute Gasteiger partial charge is 0.481 e. The van der Waals surface area contributed by atoms with Gasteiger partial charge in [0.15, 0.2) is 5.82 Å². The lowest BCUT2D eigenvalue weighted by molar-refractivity contribution is 0.0797. The van der Waals surface area contributed by atoms with Crippen molar-refractivity contribution in [3.05, 3.63) is 30.3 Å². The van der Waals surface area contributed by atoms with Crippen molar-refractivity contribution < 1.29 is 13.9 Å². The molecule has 0 saturated carbocycles. The molecule has 0 aromatic carbocycles. The molecule has 0 aliphatic rings. The van der Waals surface area contributed by atoms with Crippen LogP contribution in [-0.4, -0.2) is 36.6 Å². The van der Waals surface area contributed by atoms with Crippen LogP contribution in [0, 0.1) is 5.82 Å². The molecule has 2 rings (SSSR count). The molecule has 0 aliphatic carbocycles. The highest BCUT2D eigenvalue weighted by atomic mass is 28.3. The molecule has 22 heavy (non-hydrogen) atoms. The molecule has 2 aromatic rings. The van der Waals surface area contributed by atoms with E-state index in [-0.39, 0.29) is 0 Å². The van der Waals surface area contributed by atoms with Crippen LogP contribution in [0.2, 0.25) is 25.7 Å². The lowest BCUT2D eigenvalue weighted by Crippen LogP contribution is -2.22. The van der Waals surface area contributed by atoms with Gasteiger partial charge in [-0.05, 0) is 12.1 Å². The molecule has 0 unspecified atom stereocenters.